The topological polar surface area (TPSA) is 72.1 Å². The van der Waals surface area contributed by atoms with E-state index in [0.717, 1.165) is 62.8 Å². The van der Waals surface area contributed by atoms with Crippen molar-refractivity contribution in [1.29, 1.82) is 0 Å². The monoisotopic (exact) mass is 510 g/mol. The van der Waals surface area contributed by atoms with Gasteiger partial charge in [0.2, 0.25) is 0 Å². The summed E-state index contributed by atoms with van der Waals surface area (Å²) in [6, 6.07) is 17.4. The van der Waals surface area contributed by atoms with Crippen molar-refractivity contribution in [2.45, 2.75) is 12.8 Å². The fourth-order valence-electron chi connectivity index (χ4n) is 3.29. The first-order valence-corrected chi connectivity index (χ1v) is 9.84. The predicted octanol–water partition coefficient (Wildman–Crippen LogP) is 4.18. The fourth-order valence-corrected chi connectivity index (χ4v) is 3.29. The third-order valence-electron chi connectivity index (χ3n) is 4.92. The highest BCUT2D eigenvalue weighted by Crippen LogP contribution is 2.24. The van der Waals surface area contributed by atoms with E-state index in [-0.39, 0.29) is 24.0 Å². The van der Waals surface area contributed by atoms with Gasteiger partial charge in [-0.25, -0.2) is 0 Å². The fraction of sp³-hybridized carbons (Fsp3) is 0.409. The normalized spacial score (nSPS) is 15.6. The smallest absolute Gasteiger partial charge is 0.193 e. The standard InChI is InChI=1S/C22H30N4O2.HI/c1-27-15-14-26-12-10-18(11-13-26)17-24-22(23)25-19-6-5-9-21(16-19)28-20-7-3-2-4-8-20;/h2-9,16,18H,10-15,17H2,1H3,(H3,23,24,25);1H. The van der Waals surface area contributed by atoms with Gasteiger partial charge in [-0.2, -0.15) is 0 Å². The van der Waals surface area contributed by atoms with Crippen LogP contribution in [0, 0.1) is 5.92 Å². The lowest BCUT2D eigenvalue weighted by atomic mass is 9.97. The van der Waals surface area contributed by atoms with Gasteiger partial charge in [0.1, 0.15) is 11.5 Å². The number of aliphatic imine (C=N–C) groups is 1. The maximum atomic E-state index is 6.09. The quantitative estimate of drug-likeness (QED) is 0.317. The Morgan fingerprint density at radius 3 is 2.55 bits per heavy atom. The van der Waals surface area contributed by atoms with Crippen LogP contribution in [-0.4, -0.2) is 50.8 Å². The molecule has 1 saturated heterocycles. The van der Waals surface area contributed by atoms with E-state index in [9.17, 15) is 0 Å². The molecule has 3 rings (SSSR count). The molecule has 1 aliphatic heterocycles. The van der Waals surface area contributed by atoms with Crippen LogP contribution in [0.1, 0.15) is 12.8 Å². The van der Waals surface area contributed by atoms with Gasteiger partial charge in [-0.3, -0.25) is 4.99 Å². The van der Waals surface area contributed by atoms with E-state index < -0.39 is 0 Å². The lowest BCUT2D eigenvalue weighted by Crippen LogP contribution is -2.37. The number of guanidine groups is 1. The van der Waals surface area contributed by atoms with E-state index in [1.807, 2.05) is 54.6 Å². The van der Waals surface area contributed by atoms with E-state index >= 15 is 0 Å². The number of nitrogens with one attached hydrogen (secondary N) is 1. The van der Waals surface area contributed by atoms with Crippen LogP contribution in [0.2, 0.25) is 0 Å². The Morgan fingerprint density at radius 1 is 1.10 bits per heavy atom. The minimum absolute atomic E-state index is 0. The molecule has 1 heterocycles. The van der Waals surface area contributed by atoms with Crippen molar-refractivity contribution in [1.82, 2.24) is 4.90 Å². The number of anilines is 1. The number of nitrogens with two attached hydrogens (primary N) is 1. The van der Waals surface area contributed by atoms with Crippen molar-refractivity contribution < 1.29 is 9.47 Å². The molecule has 0 atom stereocenters. The van der Waals surface area contributed by atoms with E-state index in [2.05, 4.69) is 15.2 Å². The van der Waals surface area contributed by atoms with Gasteiger partial charge >= 0.3 is 0 Å². The van der Waals surface area contributed by atoms with Crippen LogP contribution in [0.3, 0.4) is 0 Å². The van der Waals surface area contributed by atoms with Crippen LogP contribution in [0.15, 0.2) is 59.6 Å². The summed E-state index contributed by atoms with van der Waals surface area (Å²) in [5.74, 6) is 2.59. The van der Waals surface area contributed by atoms with Gasteiger partial charge in [-0.05, 0) is 56.1 Å². The maximum absolute atomic E-state index is 6.09. The number of rotatable bonds is 8. The van der Waals surface area contributed by atoms with Gasteiger partial charge in [0.15, 0.2) is 5.96 Å². The molecular weight excluding hydrogens is 479 g/mol. The van der Waals surface area contributed by atoms with Crippen LogP contribution in [0.25, 0.3) is 0 Å². The summed E-state index contributed by atoms with van der Waals surface area (Å²) in [7, 11) is 1.75. The molecule has 1 aliphatic rings. The summed E-state index contributed by atoms with van der Waals surface area (Å²) < 4.78 is 11.0. The highest BCUT2D eigenvalue weighted by molar-refractivity contribution is 14.0. The first-order chi connectivity index (χ1) is 13.7. The second kappa shape index (κ2) is 12.7. The van der Waals surface area contributed by atoms with Crippen molar-refractivity contribution >= 4 is 35.6 Å². The molecule has 0 radical (unpaired) electrons. The molecule has 0 aliphatic carbocycles. The molecular formula is C22H31IN4O2. The summed E-state index contributed by atoms with van der Waals surface area (Å²) >= 11 is 0. The van der Waals surface area contributed by atoms with Crippen molar-refractivity contribution in [2.24, 2.45) is 16.6 Å². The molecule has 1 fully saturated rings. The summed E-state index contributed by atoms with van der Waals surface area (Å²) in [6.45, 7) is 4.78. The minimum Gasteiger partial charge on any atom is -0.457 e. The molecule has 2 aromatic carbocycles. The third-order valence-corrected chi connectivity index (χ3v) is 4.92. The van der Waals surface area contributed by atoms with Crippen molar-refractivity contribution in [3.8, 4) is 11.5 Å². The Bertz CT molecular complexity index is 749. The van der Waals surface area contributed by atoms with Gasteiger partial charge in [0, 0.05) is 32.0 Å². The van der Waals surface area contributed by atoms with Crippen LogP contribution < -0.4 is 15.8 Å². The van der Waals surface area contributed by atoms with Gasteiger partial charge in [-0.1, -0.05) is 24.3 Å². The molecule has 0 saturated carbocycles. The lowest BCUT2D eigenvalue weighted by Gasteiger charge is -2.30. The van der Waals surface area contributed by atoms with Crippen LogP contribution in [0.4, 0.5) is 5.69 Å². The lowest BCUT2D eigenvalue weighted by molar-refractivity contribution is 0.121. The molecule has 2 aromatic rings. The van der Waals surface area contributed by atoms with Crippen LogP contribution in [-0.2, 0) is 4.74 Å². The number of methoxy groups -OCH3 is 1. The number of likely N-dealkylation sites (tertiary alicyclic amines) is 1. The van der Waals surface area contributed by atoms with Gasteiger partial charge in [-0.15, -0.1) is 24.0 Å². The summed E-state index contributed by atoms with van der Waals surface area (Å²) in [5.41, 5.74) is 6.95. The summed E-state index contributed by atoms with van der Waals surface area (Å²) in [6.07, 6.45) is 2.31. The van der Waals surface area contributed by atoms with Crippen molar-refractivity contribution in [3.63, 3.8) is 0 Å². The highest BCUT2D eigenvalue weighted by Gasteiger charge is 2.18. The second-order valence-electron chi connectivity index (χ2n) is 7.07. The Balaban J connectivity index is 0.00000300. The molecule has 0 unspecified atom stereocenters. The van der Waals surface area contributed by atoms with Gasteiger partial charge in [0.25, 0.3) is 0 Å². The first-order valence-electron chi connectivity index (χ1n) is 9.84. The van der Waals surface area contributed by atoms with E-state index in [1.54, 1.807) is 7.11 Å². The average molecular weight is 510 g/mol. The number of benzene rings is 2. The largest absolute Gasteiger partial charge is 0.457 e. The zero-order valence-electron chi connectivity index (χ0n) is 16.9. The van der Waals surface area contributed by atoms with E-state index in [0.29, 0.717) is 11.9 Å². The molecule has 6 nitrogen and oxygen atoms in total. The molecule has 0 aromatic heterocycles. The molecule has 0 amide bonds. The number of nitrogens with zero attached hydrogens (tertiary/aromatic N) is 2. The Labute approximate surface area is 190 Å². The molecule has 0 bridgehead atoms. The SMILES string of the molecule is COCCN1CCC(CN=C(N)Nc2cccc(Oc3ccccc3)c2)CC1.I. The van der Waals surface area contributed by atoms with Crippen molar-refractivity contribution in [2.75, 3.05) is 45.2 Å². The van der Waals surface area contributed by atoms with Crippen LogP contribution >= 0.6 is 24.0 Å². The van der Waals surface area contributed by atoms with Gasteiger partial charge < -0.3 is 25.4 Å². The highest BCUT2D eigenvalue weighted by atomic mass is 127. The first kappa shape index (κ1) is 23.4. The predicted molar refractivity (Wildman–Crippen MR) is 130 cm³/mol. The number of ether oxygens (including phenoxy) is 2. The molecule has 3 N–H and O–H groups in total. The molecule has 0 spiro atoms. The number of piperidine rings is 1. The summed E-state index contributed by atoms with van der Waals surface area (Å²) in [5, 5.41) is 3.17. The third kappa shape index (κ3) is 8.20. The van der Waals surface area contributed by atoms with E-state index in [1.165, 1.54) is 0 Å². The number of hydrogen-bond donors (Lipinski definition) is 2. The Morgan fingerprint density at radius 2 is 1.83 bits per heavy atom. The minimum atomic E-state index is 0. The van der Waals surface area contributed by atoms with E-state index in [4.69, 9.17) is 15.2 Å². The molecule has 158 valence electrons. The summed E-state index contributed by atoms with van der Waals surface area (Å²) in [4.78, 5) is 6.99. The number of para-hydroxylation sites is 1. The zero-order chi connectivity index (χ0) is 19.6. The Hall–Kier alpha value is -1.84. The van der Waals surface area contributed by atoms with Crippen molar-refractivity contribution in [3.05, 3.63) is 54.6 Å². The Kier molecular flexibility index (Phi) is 10.2. The average Bonchev–Trinajstić information content (AvgIpc) is 2.72. The molecule has 7 heteroatoms. The number of halogens is 1. The maximum Gasteiger partial charge on any atom is 0.193 e. The number of hydrogen-bond acceptors (Lipinski definition) is 4. The van der Waals surface area contributed by atoms with Gasteiger partial charge in [0.05, 0.1) is 6.61 Å². The zero-order valence-corrected chi connectivity index (χ0v) is 19.3. The van der Waals surface area contributed by atoms with Crippen LogP contribution in [0.5, 0.6) is 11.5 Å². The second-order valence-corrected chi connectivity index (χ2v) is 7.07. The molecule has 29 heavy (non-hydrogen) atoms.